The van der Waals surface area contributed by atoms with Gasteiger partial charge in [0.25, 0.3) is 0 Å². The van der Waals surface area contributed by atoms with E-state index in [9.17, 15) is 8.42 Å². The summed E-state index contributed by atoms with van der Waals surface area (Å²) in [6.45, 7) is 2.56. The molecule has 8 heteroatoms. The Morgan fingerprint density at radius 3 is 2.44 bits per heavy atom. The number of thioether (sulfide) groups is 1. The van der Waals surface area contributed by atoms with Gasteiger partial charge in [0, 0.05) is 12.8 Å². The molecule has 6 nitrogen and oxygen atoms in total. The SMILES string of the molecule is Cc1ccc(OCCSc2nnc(CS(=O)(=O)c3ccccc3)n2C)cc1. The van der Waals surface area contributed by atoms with Crippen molar-refractivity contribution in [2.45, 2.75) is 22.7 Å². The van der Waals surface area contributed by atoms with Gasteiger partial charge in [-0.25, -0.2) is 8.42 Å². The first-order valence-electron chi connectivity index (χ1n) is 8.44. The highest BCUT2D eigenvalue weighted by atomic mass is 32.2. The fraction of sp³-hybridized carbons (Fsp3) is 0.263. The van der Waals surface area contributed by atoms with Gasteiger partial charge < -0.3 is 9.30 Å². The highest BCUT2D eigenvalue weighted by Crippen LogP contribution is 2.20. The Kier molecular flexibility index (Phi) is 6.18. The van der Waals surface area contributed by atoms with Crippen LogP contribution in [0.4, 0.5) is 0 Å². The van der Waals surface area contributed by atoms with E-state index < -0.39 is 9.84 Å². The van der Waals surface area contributed by atoms with Crippen LogP contribution in [0, 0.1) is 6.92 Å². The van der Waals surface area contributed by atoms with Crippen LogP contribution in [0.15, 0.2) is 64.6 Å². The molecule has 0 fully saturated rings. The van der Waals surface area contributed by atoms with Crippen molar-refractivity contribution in [3.63, 3.8) is 0 Å². The van der Waals surface area contributed by atoms with Gasteiger partial charge in [0.15, 0.2) is 15.0 Å². The number of aromatic nitrogens is 3. The van der Waals surface area contributed by atoms with Gasteiger partial charge in [-0.3, -0.25) is 0 Å². The fourth-order valence-electron chi connectivity index (χ4n) is 2.40. The number of hydrogen-bond donors (Lipinski definition) is 0. The first-order valence-corrected chi connectivity index (χ1v) is 11.1. The summed E-state index contributed by atoms with van der Waals surface area (Å²) in [5, 5.41) is 8.82. The molecule has 0 saturated carbocycles. The minimum atomic E-state index is -3.44. The van der Waals surface area contributed by atoms with E-state index in [0.717, 1.165) is 5.75 Å². The number of aryl methyl sites for hydroxylation is 1. The van der Waals surface area contributed by atoms with Gasteiger partial charge in [0.2, 0.25) is 0 Å². The summed E-state index contributed by atoms with van der Waals surface area (Å²) < 4.78 is 32.4. The molecule has 0 atom stereocenters. The zero-order chi connectivity index (χ0) is 19.3. The molecule has 3 rings (SSSR count). The molecule has 142 valence electrons. The zero-order valence-corrected chi connectivity index (χ0v) is 16.8. The van der Waals surface area contributed by atoms with E-state index in [1.807, 2.05) is 31.2 Å². The number of sulfone groups is 1. The first kappa shape index (κ1) is 19.4. The molecule has 3 aromatic rings. The van der Waals surface area contributed by atoms with E-state index >= 15 is 0 Å². The largest absolute Gasteiger partial charge is 0.493 e. The van der Waals surface area contributed by atoms with E-state index in [1.165, 1.54) is 17.3 Å². The van der Waals surface area contributed by atoms with Crippen molar-refractivity contribution in [1.82, 2.24) is 14.8 Å². The smallest absolute Gasteiger partial charge is 0.191 e. The molecule has 0 spiro atoms. The Morgan fingerprint density at radius 1 is 1.04 bits per heavy atom. The van der Waals surface area contributed by atoms with Crippen LogP contribution in [-0.4, -0.2) is 35.5 Å². The third-order valence-electron chi connectivity index (χ3n) is 3.95. The third kappa shape index (κ3) is 5.11. The second kappa shape index (κ2) is 8.58. The summed E-state index contributed by atoms with van der Waals surface area (Å²) in [7, 11) is -1.67. The molecule has 1 aromatic heterocycles. The molecule has 0 amide bonds. The van der Waals surface area contributed by atoms with Gasteiger partial charge in [-0.2, -0.15) is 0 Å². The van der Waals surface area contributed by atoms with Crippen LogP contribution >= 0.6 is 11.8 Å². The standard InChI is InChI=1S/C19H21N3O3S2/c1-15-8-10-16(11-9-15)25-12-13-26-19-21-20-18(22(19)2)14-27(23,24)17-6-4-3-5-7-17/h3-11H,12-14H2,1-2H3. The Morgan fingerprint density at radius 2 is 1.74 bits per heavy atom. The number of ether oxygens (including phenoxy) is 1. The van der Waals surface area contributed by atoms with Gasteiger partial charge in [-0.1, -0.05) is 47.7 Å². The topological polar surface area (TPSA) is 74.1 Å². The van der Waals surface area contributed by atoms with Crippen LogP contribution in [0.2, 0.25) is 0 Å². The van der Waals surface area contributed by atoms with Crippen molar-refractivity contribution >= 4 is 21.6 Å². The third-order valence-corrected chi connectivity index (χ3v) is 6.56. The summed E-state index contributed by atoms with van der Waals surface area (Å²) in [4.78, 5) is 0.286. The van der Waals surface area contributed by atoms with Crippen molar-refractivity contribution < 1.29 is 13.2 Å². The molecule has 1 heterocycles. The Bertz CT molecular complexity index is 985. The Hall–Kier alpha value is -2.32. The van der Waals surface area contributed by atoms with Gasteiger partial charge in [-0.15, -0.1) is 10.2 Å². The van der Waals surface area contributed by atoms with Gasteiger partial charge in [0.05, 0.1) is 11.5 Å². The van der Waals surface area contributed by atoms with E-state index in [4.69, 9.17) is 4.74 Å². The van der Waals surface area contributed by atoms with Crippen molar-refractivity contribution in [2.24, 2.45) is 7.05 Å². The van der Waals surface area contributed by atoms with Crippen LogP contribution in [0.25, 0.3) is 0 Å². The minimum absolute atomic E-state index is 0.180. The summed E-state index contributed by atoms with van der Waals surface area (Å²) in [5.41, 5.74) is 1.19. The lowest BCUT2D eigenvalue weighted by Crippen LogP contribution is -2.10. The average Bonchev–Trinajstić information content (AvgIpc) is 3.00. The maximum Gasteiger partial charge on any atom is 0.191 e. The molecule has 0 aliphatic heterocycles. The second-order valence-corrected chi connectivity index (χ2v) is 9.09. The maximum absolute atomic E-state index is 12.5. The van der Waals surface area contributed by atoms with Crippen LogP contribution in [-0.2, 0) is 22.6 Å². The average molecular weight is 404 g/mol. The van der Waals surface area contributed by atoms with Crippen LogP contribution in [0.5, 0.6) is 5.75 Å². The molecule has 2 aromatic carbocycles. The number of benzene rings is 2. The highest BCUT2D eigenvalue weighted by molar-refractivity contribution is 7.99. The molecule has 0 N–H and O–H groups in total. The second-order valence-electron chi connectivity index (χ2n) is 6.04. The molecule has 0 unspecified atom stereocenters. The molecular weight excluding hydrogens is 382 g/mol. The lowest BCUT2D eigenvalue weighted by molar-refractivity contribution is 0.343. The molecule has 0 aliphatic carbocycles. The molecule has 0 bridgehead atoms. The Labute approximate surface area is 163 Å². The lowest BCUT2D eigenvalue weighted by Gasteiger charge is -2.07. The molecular formula is C19H21N3O3S2. The first-order chi connectivity index (χ1) is 13.0. The van der Waals surface area contributed by atoms with Crippen molar-refractivity contribution in [2.75, 3.05) is 12.4 Å². The predicted octanol–water partition coefficient (Wildman–Crippen LogP) is 3.27. The summed E-state index contributed by atoms with van der Waals surface area (Å²) in [5.74, 6) is 1.75. The van der Waals surface area contributed by atoms with E-state index in [1.54, 1.807) is 41.9 Å². The number of nitrogens with zero attached hydrogens (tertiary/aromatic N) is 3. The van der Waals surface area contributed by atoms with Crippen molar-refractivity contribution in [1.29, 1.82) is 0 Å². The summed E-state index contributed by atoms with van der Waals surface area (Å²) in [6.07, 6.45) is 0. The summed E-state index contributed by atoms with van der Waals surface area (Å²) >= 11 is 1.48. The van der Waals surface area contributed by atoms with E-state index in [2.05, 4.69) is 10.2 Å². The molecule has 0 radical (unpaired) electrons. The van der Waals surface area contributed by atoms with E-state index in [0.29, 0.717) is 23.3 Å². The molecule has 27 heavy (non-hydrogen) atoms. The zero-order valence-electron chi connectivity index (χ0n) is 15.2. The molecule has 0 saturated heterocycles. The van der Waals surface area contributed by atoms with Crippen LogP contribution in [0.1, 0.15) is 11.4 Å². The molecule has 0 aliphatic rings. The van der Waals surface area contributed by atoms with Gasteiger partial charge in [-0.05, 0) is 31.2 Å². The van der Waals surface area contributed by atoms with Crippen LogP contribution in [0.3, 0.4) is 0 Å². The van der Waals surface area contributed by atoms with Gasteiger partial charge >= 0.3 is 0 Å². The quantitative estimate of drug-likeness (QED) is 0.424. The van der Waals surface area contributed by atoms with Crippen LogP contribution < -0.4 is 4.74 Å². The summed E-state index contributed by atoms with van der Waals surface area (Å²) in [6, 6.07) is 16.3. The fourth-order valence-corrected chi connectivity index (χ4v) is 4.48. The van der Waals surface area contributed by atoms with E-state index in [-0.39, 0.29) is 10.6 Å². The minimum Gasteiger partial charge on any atom is -0.493 e. The highest BCUT2D eigenvalue weighted by Gasteiger charge is 2.20. The van der Waals surface area contributed by atoms with Crippen molar-refractivity contribution in [3.8, 4) is 5.75 Å². The normalized spacial score (nSPS) is 11.5. The number of rotatable bonds is 8. The maximum atomic E-state index is 12.5. The predicted molar refractivity (Wildman–Crippen MR) is 106 cm³/mol. The lowest BCUT2D eigenvalue weighted by atomic mass is 10.2. The monoisotopic (exact) mass is 403 g/mol. The number of hydrogen-bond acceptors (Lipinski definition) is 6. The van der Waals surface area contributed by atoms with Crippen molar-refractivity contribution in [3.05, 3.63) is 66.0 Å². The Balaban J connectivity index is 1.56. The van der Waals surface area contributed by atoms with Gasteiger partial charge in [0.1, 0.15) is 17.3 Å².